The van der Waals surface area contributed by atoms with Gasteiger partial charge in [-0.1, -0.05) is 54.1 Å². The number of aliphatic carboxylic acids is 1. The molecule has 36 heavy (non-hydrogen) atoms. The predicted molar refractivity (Wildman–Crippen MR) is 143 cm³/mol. The summed E-state index contributed by atoms with van der Waals surface area (Å²) in [7, 11) is -3.91. The molecule has 10 heteroatoms. The lowest BCUT2D eigenvalue weighted by Gasteiger charge is -2.19. The standard InChI is InChI=1S/C26H24ClN3O4S2/c27-20-8-6-18(7-9-20)23-10-11-24(35-23)36(33,34)30-26(25(31)32)14-22(26)19-4-1-3-17(13-19)15-29-21-5-2-12-28-16-21/h1-10,12-13,16,22,24,29-30H,11,14-15H2,(H,31,32). The lowest BCUT2D eigenvalue weighted by atomic mass is 10.0. The van der Waals surface area contributed by atoms with Crippen molar-refractivity contribution in [2.24, 2.45) is 0 Å². The third-order valence-electron chi connectivity index (χ3n) is 6.41. The summed E-state index contributed by atoms with van der Waals surface area (Å²) in [6, 6.07) is 18.5. The maximum Gasteiger partial charge on any atom is 0.325 e. The smallest absolute Gasteiger partial charge is 0.325 e. The number of nitrogens with one attached hydrogen (secondary N) is 2. The summed E-state index contributed by atoms with van der Waals surface area (Å²) >= 11 is 7.18. The highest BCUT2D eigenvalue weighted by molar-refractivity contribution is 8.18. The van der Waals surface area contributed by atoms with Crippen LogP contribution in [0.15, 0.2) is 79.1 Å². The zero-order chi connectivity index (χ0) is 25.3. The van der Waals surface area contributed by atoms with Gasteiger partial charge in [0.2, 0.25) is 10.0 Å². The molecule has 186 valence electrons. The van der Waals surface area contributed by atoms with E-state index in [1.165, 1.54) is 11.8 Å². The molecule has 3 aromatic rings. The average molecular weight is 542 g/mol. The molecule has 0 radical (unpaired) electrons. The Morgan fingerprint density at radius 2 is 1.97 bits per heavy atom. The van der Waals surface area contributed by atoms with Gasteiger partial charge >= 0.3 is 5.97 Å². The van der Waals surface area contributed by atoms with Gasteiger partial charge in [-0.2, -0.15) is 4.72 Å². The summed E-state index contributed by atoms with van der Waals surface area (Å²) in [6.45, 7) is 0.538. The summed E-state index contributed by atoms with van der Waals surface area (Å²) < 4.78 is 28.3. The number of pyridine rings is 1. The third-order valence-corrected chi connectivity index (χ3v) is 10.4. The van der Waals surface area contributed by atoms with E-state index in [4.69, 9.17) is 11.6 Å². The number of aromatic nitrogens is 1. The predicted octanol–water partition coefficient (Wildman–Crippen LogP) is 5.08. The van der Waals surface area contributed by atoms with Gasteiger partial charge in [-0.25, -0.2) is 8.42 Å². The Balaban J connectivity index is 1.27. The van der Waals surface area contributed by atoms with Gasteiger partial charge in [0.1, 0.15) is 10.1 Å². The Bertz CT molecular complexity index is 1410. The number of thioether (sulfide) groups is 1. The van der Waals surface area contributed by atoms with Gasteiger partial charge in [0.05, 0.1) is 5.69 Å². The van der Waals surface area contributed by atoms with Crippen molar-refractivity contribution < 1.29 is 18.3 Å². The fraction of sp³-hybridized carbons (Fsp3) is 0.231. The Morgan fingerprint density at radius 3 is 2.69 bits per heavy atom. The van der Waals surface area contributed by atoms with Crippen LogP contribution in [0.3, 0.4) is 0 Å². The average Bonchev–Trinajstić information content (AvgIpc) is 3.37. The Kier molecular flexibility index (Phi) is 6.82. The largest absolute Gasteiger partial charge is 0.480 e. The number of allylic oxidation sites excluding steroid dienone is 1. The van der Waals surface area contributed by atoms with Crippen LogP contribution < -0.4 is 10.0 Å². The number of carboxylic acid groups (broad SMARTS) is 1. The monoisotopic (exact) mass is 541 g/mol. The number of hydrogen-bond donors (Lipinski definition) is 3. The lowest BCUT2D eigenvalue weighted by molar-refractivity contribution is -0.140. The van der Waals surface area contributed by atoms with Gasteiger partial charge in [0.25, 0.3) is 0 Å². The van der Waals surface area contributed by atoms with Crippen LogP contribution in [0.2, 0.25) is 5.02 Å². The van der Waals surface area contributed by atoms with E-state index >= 15 is 0 Å². The number of carboxylic acids is 1. The summed E-state index contributed by atoms with van der Waals surface area (Å²) in [4.78, 5) is 17.2. The number of carbonyl (C=O) groups is 1. The van der Waals surface area contributed by atoms with Crippen LogP contribution in [0, 0.1) is 0 Å². The van der Waals surface area contributed by atoms with Gasteiger partial charge in [-0.3, -0.25) is 9.78 Å². The molecule has 0 saturated heterocycles. The van der Waals surface area contributed by atoms with Crippen LogP contribution in [0.1, 0.15) is 35.4 Å². The minimum absolute atomic E-state index is 0.204. The molecule has 0 spiro atoms. The molecule has 1 aliphatic carbocycles. The molecule has 5 rings (SSSR count). The molecule has 2 aliphatic rings. The minimum atomic E-state index is -3.91. The molecule has 0 amide bonds. The number of halogens is 1. The van der Waals surface area contributed by atoms with Crippen molar-refractivity contribution in [3.05, 3.63) is 101 Å². The second-order valence-corrected chi connectivity index (χ2v) is 12.7. The van der Waals surface area contributed by atoms with Crippen molar-refractivity contribution >= 4 is 49.9 Å². The second kappa shape index (κ2) is 9.89. The number of sulfonamides is 1. The zero-order valence-corrected chi connectivity index (χ0v) is 21.5. The SMILES string of the molecule is O=C(O)C1(NS(=O)(=O)C2CC=C(c3ccc(Cl)cc3)S2)CC1c1cccc(CNc2cccnc2)c1. The molecule has 7 nitrogen and oxygen atoms in total. The normalized spacial score (nSPS) is 23.2. The van der Waals surface area contributed by atoms with Crippen LogP contribution in [-0.4, -0.2) is 34.6 Å². The Labute approximate surface area is 219 Å². The van der Waals surface area contributed by atoms with Crippen molar-refractivity contribution in [2.45, 2.75) is 35.4 Å². The van der Waals surface area contributed by atoms with Crippen molar-refractivity contribution in [1.82, 2.24) is 9.71 Å². The van der Waals surface area contributed by atoms with Crippen molar-refractivity contribution in [3.63, 3.8) is 0 Å². The molecule has 3 N–H and O–H groups in total. The van der Waals surface area contributed by atoms with Crippen LogP contribution in [0.4, 0.5) is 5.69 Å². The van der Waals surface area contributed by atoms with Gasteiger partial charge < -0.3 is 10.4 Å². The molecule has 1 aliphatic heterocycles. The van der Waals surface area contributed by atoms with Crippen molar-refractivity contribution in [2.75, 3.05) is 5.32 Å². The van der Waals surface area contributed by atoms with Gasteiger partial charge in [0.15, 0.2) is 0 Å². The topological polar surface area (TPSA) is 108 Å². The fourth-order valence-electron chi connectivity index (χ4n) is 4.40. The van der Waals surface area contributed by atoms with Crippen LogP contribution in [-0.2, 0) is 21.4 Å². The van der Waals surface area contributed by atoms with Crippen molar-refractivity contribution in [1.29, 1.82) is 0 Å². The maximum absolute atomic E-state index is 13.3. The highest BCUT2D eigenvalue weighted by atomic mass is 35.5. The molecule has 0 bridgehead atoms. The van der Waals surface area contributed by atoms with Crippen LogP contribution in [0.5, 0.6) is 0 Å². The summed E-state index contributed by atoms with van der Waals surface area (Å²) in [5, 5.41) is 13.9. The first-order valence-electron chi connectivity index (χ1n) is 11.4. The van der Waals surface area contributed by atoms with Crippen LogP contribution >= 0.6 is 23.4 Å². The quantitative estimate of drug-likeness (QED) is 0.346. The molecule has 1 fully saturated rings. The van der Waals surface area contributed by atoms with Crippen LogP contribution in [0.25, 0.3) is 4.91 Å². The minimum Gasteiger partial charge on any atom is -0.480 e. The second-order valence-electron chi connectivity index (χ2n) is 8.88. The number of anilines is 1. The first-order valence-corrected chi connectivity index (χ1v) is 14.2. The molecule has 2 aromatic carbocycles. The summed E-state index contributed by atoms with van der Waals surface area (Å²) in [5.41, 5.74) is 1.98. The number of rotatable bonds is 9. The van der Waals surface area contributed by atoms with E-state index in [-0.39, 0.29) is 6.42 Å². The fourth-order valence-corrected chi connectivity index (χ4v) is 7.73. The van der Waals surface area contributed by atoms with E-state index in [0.717, 1.165) is 27.3 Å². The molecule has 1 aromatic heterocycles. The third kappa shape index (κ3) is 5.15. The van der Waals surface area contributed by atoms with Gasteiger partial charge in [-0.15, -0.1) is 11.8 Å². The molecule has 3 atom stereocenters. The van der Waals surface area contributed by atoms with E-state index in [1.54, 1.807) is 24.5 Å². The molecular formula is C26H24ClN3O4S2. The summed E-state index contributed by atoms with van der Waals surface area (Å²) in [5.74, 6) is -1.61. The first kappa shape index (κ1) is 24.8. The van der Waals surface area contributed by atoms with E-state index in [2.05, 4.69) is 15.0 Å². The number of nitrogens with zero attached hydrogens (tertiary/aromatic N) is 1. The van der Waals surface area contributed by atoms with Crippen molar-refractivity contribution in [3.8, 4) is 0 Å². The molecule has 3 unspecified atom stereocenters. The number of hydrogen-bond acceptors (Lipinski definition) is 6. The van der Waals surface area contributed by atoms with E-state index in [1.807, 2.05) is 54.6 Å². The lowest BCUT2D eigenvalue weighted by Crippen LogP contribution is -2.47. The molecule has 1 saturated carbocycles. The Morgan fingerprint density at radius 1 is 1.17 bits per heavy atom. The summed E-state index contributed by atoms with van der Waals surface area (Å²) in [6.07, 6.45) is 5.80. The highest BCUT2D eigenvalue weighted by Crippen LogP contribution is 2.53. The highest BCUT2D eigenvalue weighted by Gasteiger charge is 2.63. The molecular weight excluding hydrogens is 518 g/mol. The van der Waals surface area contributed by atoms with E-state index < -0.39 is 32.0 Å². The first-order chi connectivity index (χ1) is 17.3. The zero-order valence-electron chi connectivity index (χ0n) is 19.1. The van der Waals surface area contributed by atoms with Gasteiger partial charge in [-0.05, 0) is 53.8 Å². The molecule has 2 heterocycles. The van der Waals surface area contributed by atoms with E-state index in [0.29, 0.717) is 18.0 Å². The number of benzene rings is 2. The van der Waals surface area contributed by atoms with Gasteiger partial charge in [0, 0.05) is 34.8 Å². The Hall–Kier alpha value is -2.85. The van der Waals surface area contributed by atoms with E-state index in [9.17, 15) is 18.3 Å². The maximum atomic E-state index is 13.3.